The topological polar surface area (TPSA) is 49.6 Å². The van der Waals surface area contributed by atoms with Crippen molar-refractivity contribution in [2.24, 2.45) is 0 Å². The molecule has 92 valence electrons. The molecule has 1 fully saturated rings. The van der Waals surface area contributed by atoms with E-state index in [1.54, 1.807) is 11.3 Å². The van der Waals surface area contributed by atoms with Crippen molar-refractivity contribution in [3.05, 3.63) is 23.5 Å². The number of piperidine rings is 1. The van der Waals surface area contributed by atoms with E-state index in [1.807, 2.05) is 22.2 Å². The number of fused-ring (bicyclic) bond motifs is 1. The monoisotopic (exact) mass is 251 g/mol. The molecule has 0 bridgehead atoms. The molecular formula is C12H17N3OS. The van der Waals surface area contributed by atoms with Gasteiger partial charge in [0, 0.05) is 30.2 Å². The van der Waals surface area contributed by atoms with Crippen molar-refractivity contribution in [3.8, 4) is 0 Å². The molecule has 0 saturated carbocycles. The summed E-state index contributed by atoms with van der Waals surface area (Å²) in [6.45, 7) is 1.03. The Hall–Kier alpha value is -0.910. The molecular weight excluding hydrogens is 234 g/mol. The summed E-state index contributed by atoms with van der Waals surface area (Å²) in [5.41, 5.74) is 0.983. The number of hydrogen-bond acceptors (Lipinski definition) is 4. The van der Waals surface area contributed by atoms with Crippen molar-refractivity contribution in [3.63, 3.8) is 0 Å². The Morgan fingerprint density at radius 3 is 3.29 bits per heavy atom. The molecule has 1 aliphatic heterocycles. The maximum Gasteiger partial charge on any atom is 0.193 e. The second-order valence-electron chi connectivity index (χ2n) is 4.65. The molecule has 2 aromatic heterocycles. The Bertz CT molecular complexity index is 458. The minimum absolute atomic E-state index is 0.239. The lowest BCUT2D eigenvalue weighted by atomic mass is 9.97. The van der Waals surface area contributed by atoms with Crippen molar-refractivity contribution in [1.82, 2.24) is 14.7 Å². The average molecular weight is 251 g/mol. The Kier molecular flexibility index (Phi) is 3.13. The van der Waals surface area contributed by atoms with E-state index in [1.165, 1.54) is 12.8 Å². The molecule has 1 saturated heterocycles. The van der Waals surface area contributed by atoms with Gasteiger partial charge in [-0.25, -0.2) is 4.98 Å². The van der Waals surface area contributed by atoms with Gasteiger partial charge in [-0.1, -0.05) is 6.42 Å². The molecule has 17 heavy (non-hydrogen) atoms. The smallest absolute Gasteiger partial charge is 0.193 e. The van der Waals surface area contributed by atoms with Crippen molar-refractivity contribution in [2.45, 2.75) is 37.8 Å². The van der Waals surface area contributed by atoms with Crippen LogP contribution in [0.15, 0.2) is 17.8 Å². The van der Waals surface area contributed by atoms with Crippen LogP contribution in [0.2, 0.25) is 0 Å². The highest BCUT2D eigenvalue weighted by atomic mass is 32.1. The third-order valence-corrected chi connectivity index (χ3v) is 4.15. The van der Waals surface area contributed by atoms with Gasteiger partial charge in [-0.15, -0.1) is 11.3 Å². The van der Waals surface area contributed by atoms with Gasteiger partial charge in [-0.2, -0.15) is 0 Å². The number of aliphatic hydroxyl groups is 1. The molecule has 0 spiro atoms. The third kappa shape index (κ3) is 2.36. The number of aromatic nitrogens is 2. The minimum Gasteiger partial charge on any atom is -0.391 e. The van der Waals surface area contributed by atoms with Crippen LogP contribution in [-0.4, -0.2) is 33.2 Å². The van der Waals surface area contributed by atoms with Gasteiger partial charge in [0.05, 0.1) is 11.8 Å². The van der Waals surface area contributed by atoms with Gasteiger partial charge >= 0.3 is 0 Å². The zero-order chi connectivity index (χ0) is 11.7. The van der Waals surface area contributed by atoms with Crippen LogP contribution >= 0.6 is 11.3 Å². The normalized spacial score (nSPS) is 23.0. The summed E-state index contributed by atoms with van der Waals surface area (Å²) in [4.78, 5) is 5.50. The van der Waals surface area contributed by atoms with E-state index in [0.717, 1.165) is 23.6 Å². The maximum absolute atomic E-state index is 10.2. The first kappa shape index (κ1) is 11.2. The predicted molar refractivity (Wildman–Crippen MR) is 68.4 cm³/mol. The van der Waals surface area contributed by atoms with E-state index >= 15 is 0 Å². The molecule has 5 heteroatoms. The summed E-state index contributed by atoms with van der Waals surface area (Å²) < 4.78 is 2.01. The number of rotatable bonds is 3. The Labute approximate surface area is 104 Å². The molecule has 1 aliphatic rings. The van der Waals surface area contributed by atoms with Gasteiger partial charge in [0.25, 0.3) is 0 Å². The Morgan fingerprint density at radius 1 is 1.59 bits per heavy atom. The number of imidazole rings is 1. The zero-order valence-corrected chi connectivity index (χ0v) is 10.5. The molecule has 2 N–H and O–H groups in total. The van der Waals surface area contributed by atoms with Crippen LogP contribution in [0.1, 0.15) is 25.0 Å². The van der Waals surface area contributed by atoms with Gasteiger partial charge in [0.1, 0.15) is 0 Å². The van der Waals surface area contributed by atoms with Crippen molar-refractivity contribution < 1.29 is 5.11 Å². The highest BCUT2D eigenvalue weighted by Crippen LogP contribution is 2.16. The van der Waals surface area contributed by atoms with Crippen LogP contribution in [0.5, 0.6) is 0 Å². The first-order valence-electron chi connectivity index (χ1n) is 6.15. The van der Waals surface area contributed by atoms with Gasteiger partial charge in [0.15, 0.2) is 4.96 Å². The van der Waals surface area contributed by atoms with E-state index < -0.39 is 0 Å². The van der Waals surface area contributed by atoms with Gasteiger partial charge < -0.3 is 10.4 Å². The zero-order valence-electron chi connectivity index (χ0n) is 9.67. The quantitative estimate of drug-likeness (QED) is 0.868. The molecule has 3 rings (SSSR count). The lowest BCUT2D eigenvalue weighted by Gasteiger charge is -2.27. The third-order valence-electron chi connectivity index (χ3n) is 3.37. The fourth-order valence-electron chi connectivity index (χ4n) is 2.44. The molecule has 0 radical (unpaired) electrons. The van der Waals surface area contributed by atoms with Crippen LogP contribution in [0.4, 0.5) is 0 Å². The molecule has 4 nitrogen and oxygen atoms in total. The van der Waals surface area contributed by atoms with Crippen LogP contribution in [-0.2, 0) is 6.42 Å². The van der Waals surface area contributed by atoms with Gasteiger partial charge in [-0.3, -0.25) is 4.40 Å². The van der Waals surface area contributed by atoms with Gasteiger partial charge in [0.2, 0.25) is 0 Å². The minimum atomic E-state index is -0.320. The average Bonchev–Trinajstić information content (AvgIpc) is 2.90. The van der Waals surface area contributed by atoms with Crippen LogP contribution in [0.25, 0.3) is 4.96 Å². The standard InChI is InChI=1S/C12H17N3OS/c16-11(10-3-1-2-4-13-10)7-9-8-15-5-6-17-12(15)14-9/h5-6,8,10-11,13,16H,1-4,7H2. The second kappa shape index (κ2) is 4.76. The first-order chi connectivity index (χ1) is 8.33. The van der Waals surface area contributed by atoms with Crippen molar-refractivity contribution in [2.75, 3.05) is 6.54 Å². The fraction of sp³-hybridized carbons (Fsp3) is 0.583. The largest absolute Gasteiger partial charge is 0.391 e. The predicted octanol–water partition coefficient (Wildman–Crippen LogP) is 1.44. The first-order valence-corrected chi connectivity index (χ1v) is 7.03. The van der Waals surface area contributed by atoms with E-state index in [9.17, 15) is 5.11 Å². The lowest BCUT2D eigenvalue weighted by molar-refractivity contribution is 0.112. The fourth-order valence-corrected chi connectivity index (χ4v) is 3.16. The summed E-state index contributed by atoms with van der Waals surface area (Å²) in [5, 5.41) is 15.6. The number of hydrogen-bond donors (Lipinski definition) is 2. The molecule has 3 heterocycles. The summed E-state index contributed by atoms with van der Waals surface area (Å²) in [5.74, 6) is 0. The molecule has 2 aromatic rings. The number of nitrogens with one attached hydrogen (secondary N) is 1. The maximum atomic E-state index is 10.2. The van der Waals surface area contributed by atoms with E-state index in [4.69, 9.17) is 0 Å². The molecule has 0 amide bonds. The van der Waals surface area contributed by atoms with E-state index in [2.05, 4.69) is 10.3 Å². The summed E-state index contributed by atoms with van der Waals surface area (Å²) >= 11 is 1.63. The molecule has 2 unspecified atom stereocenters. The highest BCUT2D eigenvalue weighted by Gasteiger charge is 2.22. The Balaban J connectivity index is 1.67. The van der Waals surface area contributed by atoms with Crippen LogP contribution in [0, 0.1) is 0 Å². The number of nitrogens with zero attached hydrogens (tertiary/aromatic N) is 2. The van der Waals surface area contributed by atoms with Crippen molar-refractivity contribution in [1.29, 1.82) is 0 Å². The SMILES string of the molecule is OC(Cc1cn2ccsc2n1)C1CCCCN1. The number of thiazole rings is 1. The van der Waals surface area contributed by atoms with Gasteiger partial charge in [-0.05, 0) is 19.4 Å². The van der Waals surface area contributed by atoms with Crippen LogP contribution in [0.3, 0.4) is 0 Å². The molecule has 0 aliphatic carbocycles. The summed E-state index contributed by atoms with van der Waals surface area (Å²) in [6.07, 6.45) is 7.85. The highest BCUT2D eigenvalue weighted by molar-refractivity contribution is 7.15. The molecule has 0 aromatic carbocycles. The van der Waals surface area contributed by atoms with Crippen molar-refractivity contribution >= 4 is 16.3 Å². The number of aliphatic hydroxyl groups excluding tert-OH is 1. The van der Waals surface area contributed by atoms with E-state index in [-0.39, 0.29) is 12.1 Å². The lowest BCUT2D eigenvalue weighted by Crippen LogP contribution is -2.44. The summed E-state index contributed by atoms with van der Waals surface area (Å²) in [6, 6.07) is 0.239. The Morgan fingerprint density at radius 2 is 2.53 bits per heavy atom. The van der Waals surface area contributed by atoms with Crippen LogP contribution < -0.4 is 5.32 Å². The summed E-state index contributed by atoms with van der Waals surface area (Å²) in [7, 11) is 0. The van der Waals surface area contributed by atoms with E-state index in [0.29, 0.717) is 6.42 Å². The second-order valence-corrected chi connectivity index (χ2v) is 5.53. The molecule has 2 atom stereocenters.